The van der Waals surface area contributed by atoms with Gasteiger partial charge in [0.15, 0.2) is 18.1 Å². The van der Waals surface area contributed by atoms with Gasteiger partial charge in [-0.15, -0.1) is 0 Å². The molecule has 1 fully saturated rings. The number of hydrogen-bond donors (Lipinski definition) is 3. The van der Waals surface area contributed by atoms with E-state index in [1.807, 2.05) is 26.0 Å². The van der Waals surface area contributed by atoms with Crippen molar-refractivity contribution in [2.45, 2.75) is 65.5 Å². The van der Waals surface area contributed by atoms with Crippen LogP contribution in [0.2, 0.25) is 0 Å². The van der Waals surface area contributed by atoms with Crippen LogP contribution in [0.4, 0.5) is 0 Å². The van der Waals surface area contributed by atoms with Gasteiger partial charge in [-0.05, 0) is 36.1 Å². The van der Waals surface area contributed by atoms with Crippen LogP contribution in [0, 0.1) is 11.8 Å². The zero-order valence-electron chi connectivity index (χ0n) is 23.6. The lowest BCUT2D eigenvalue weighted by Crippen LogP contribution is -2.61. The number of carbonyl (C=O) groups excluding carboxylic acids is 5. The molecule has 3 rings (SSSR count). The summed E-state index contributed by atoms with van der Waals surface area (Å²) in [5.74, 6) is -2.20. The third-order valence-corrected chi connectivity index (χ3v) is 6.60. The van der Waals surface area contributed by atoms with Crippen molar-refractivity contribution in [3.63, 3.8) is 0 Å². The zero-order chi connectivity index (χ0) is 29.2. The lowest BCUT2D eigenvalue weighted by Gasteiger charge is -2.36. The van der Waals surface area contributed by atoms with Crippen molar-refractivity contribution < 1.29 is 28.7 Å². The van der Waals surface area contributed by atoms with Gasteiger partial charge >= 0.3 is 5.97 Å². The highest BCUT2D eigenvalue weighted by Gasteiger charge is 2.35. The van der Waals surface area contributed by atoms with Crippen molar-refractivity contribution in [1.82, 2.24) is 26.1 Å². The number of nitrogens with one attached hydrogen (secondary N) is 3. The molecule has 40 heavy (non-hydrogen) atoms. The molecule has 0 unspecified atom stereocenters. The fraction of sp³-hybridized carbons (Fsp3) is 0.517. The van der Waals surface area contributed by atoms with Crippen LogP contribution in [-0.2, 0) is 23.9 Å². The van der Waals surface area contributed by atoms with Crippen molar-refractivity contribution >= 4 is 40.2 Å². The normalized spacial score (nSPS) is 16.1. The molecule has 3 N–H and O–H groups in total. The van der Waals surface area contributed by atoms with Crippen LogP contribution in [0.3, 0.4) is 0 Å². The van der Waals surface area contributed by atoms with Gasteiger partial charge in [-0.2, -0.15) is 0 Å². The molecule has 1 aromatic heterocycles. The largest absolute Gasteiger partial charge is 0.453 e. The summed E-state index contributed by atoms with van der Waals surface area (Å²) in [5.41, 5.74) is 3.08. The van der Waals surface area contributed by atoms with Crippen molar-refractivity contribution in [3.05, 3.63) is 42.2 Å². The first-order valence-electron chi connectivity index (χ1n) is 13.7. The Morgan fingerprint density at radius 3 is 2.58 bits per heavy atom. The maximum Gasteiger partial charge on any atom is 0.358 e. The van der Waals surface area contributed by atoms with Gasteiger partial charge in [0.25, 0.3) is 0 Å². The molecular formula is C29H39N5O6. The number of fused-ring (bicyclic) bond motifs is 1. The molecule has 0 spiro atoms. The SMILES string of the molecule is CC(C)CC(=O)NCCC(=O)N1NCCC[C@H]1C(=O)N[C@H](C(=O)COC(=O)c1nccc2ccccc12)C(C)C. The first kappa shape index (κ1) is 30.7. The van der Waals surface area contributed by atoms with E-state index in [1.165, 1.54) is 11.2 Å². The molecule has 1 aliphatic heterocycles. The number of aromatic nitrogens is 1. The number of esters is 1. The molecule has 0 bridgehead atoms. The second-order valence-corrected chi connectivity index (χ2v) is 10.7. The molecule has 1 aromatic carbocycles. The number of hydrogen-bond acceptors (Lipinski definition) is 8. The molecule has 11 heteroatoms. The number of amides is 3. The maximum atomic E-state index is 13.3. The Morgan fingerprint density at radius 1 is 1.10 bits per heavy atom. The Morgan fingerprint density at radius 2 is 1.85 bits per heavy atom. The number of rotatable bonds is 12. The summed E-state index contributed by atoms with van der Waals surface area (Å²) in [6, 6.07) is 7.27. The molecule has 11 nitrogen and oxygen atoms in total. The van der Waals surface area contributed by atoms with Gasteiger partial charge in [0.05, 0.1) is 6.04 Å². The van der Waals surface area contributed by atoms with Crippen molar-refractivity contribution in [2.75, 3.05) is 19.7 Å². The maximum absolute atomic E-state index is 13.3. The number of pyridine rings is 1. The minimum absolute atomic E-state index is 0.0330. The fourth-order valence-electron chi connectivity index (χ4n) is 4.56. The molecule has 2 heterocycles. The van der Waals surface area contributed by atoms with Gasteiger partial charge in [-0.1, -0.05) is 52.0 Å². The van der Waals surface area contributed by atoms with Crippen LogP contribution in [0.25, 0.3) is 10.8 Å². The average molecular weight is 554 g/mol. The monoisotopic (exact) mass is 553 g/mol. The highest BCUT2D eigenvalue weighted by atomic mass is 16.5. The van der Waals surface area contributed by atoms with E-state index in [-0.39, 0.29) is 42.3 Å². The van der Waals surface area contributed by atoms with Gasteiger partial charge in [0.1, 0.15) is 6.04 Å². The summed E-state index contributed by atoms with van der Waals surface area (Å²) >= 11 is 0. The molecule has 0 radical (unpaired) electrons. The summed E-state index contributed by atoms with van der Waals surface area (Å²) in [6.07, 6.45) is 3.00. The Kier molecular flexibility index (Phi) is 11.1. The summed E-state index contributed by atoms with van der Waals surface area (Å²) in [6.45, 7) is 7.59. The predicted molar refractivity (Wildman–Crippen MR) is 149 cm³/mol. The first-order valence-corrected chi connectivity index (χ1v) is 13.7. The Bertz CT molecular complexity index is 1230. The summed E-state index contributed by atoms with van der Waals surface area (Å²) in [4.78, 5) is 67.9. The molecule has 2 aromatic rings. The minimum atomic E-state index is -0.921. The molecule has 2 atom stereocenters. The second-order valence-electron chi connectivity index (χ2n) is 10.7. The van der Waals surface area contributed by atoms with Gasteiger partial charge in [0, 0.05) is 37.5 Å². The van der Waals surface area contributed by atoms with E-state index in [9.17, 15) is 24.0 Å². The number of hydrazine groups is 1. The van der Waals surface area contributed by atoms with Gasteiger partial charge < -0.3 is 15.4 Å². The highest BCUT2D eigenvalue weighted by Crippen LogP contribution is 2.18. The van der Waals surface area contributed by atoms with E-state index in [0.29, 0.717) is 31.2 Å². The minimum Gasteiger partial charge on any atom is -0.453 e. The van der Waals surface area contributed by atoms with E-state index in [1.54, 1.807) is 32.0 Å². The zero-order valence-corrected chi connectivity index (χ0v) is 23.6. The van der Waals surface area contributed by atoms with Crippen molar-refractivity contribution in [3.8, 4) is 0 Å². The van der Waals surface area contributed by atoms with Crippen LogP contribution in [0.5, 0.6) is 0 Å². The van der Waals surface area contributed by atoms with Crippen LogP contribution in [0.1, 0.15) is 63.9 Å². The highest BCUT2D eigenvalue weighted by molar-refractivity contribution is 6.03. The number of ketones is 1. The van der Waals surface area contributed by atoms with E-state index in [2.05, 4.69) is 21.0 Å². The van der Waals surface area contributed by atoms with Crippen LogP contribution in [0.15, 0.2) is 36.5 Å². The Hall–Kier alpha value is -3.86. The van der Waals surface area contributed by atoms with Crippen molar-refractivity contribution in [2.24, 2.45) is 11.8 Å². The lowest BCUT2D eigenvalue weighted by atomic mass is 9.98. The van der Waals surface area contributed by atoms with Gasteiger partial charge in [-0.3, -0.25) is 24.2 Å². The quantitative estimate of drug-likeness (QED) is 0.339. The standard InChI is InChI=1S/C29H39N5O6/c1-18(2)16-24(36)30-15-12-25(37)34-22(10-7-13-32-34)28(38)33-26(19(3)4)23(35)17-40-29(39)27-21-9-6-5-8-20(21)11-14-31-27/h5-6,8-9,11,14,18-19,22,26,32H,7,10,12-13,15-17H2,1-4H3,(H,30,36)(H,33,38)/t22-,26-/m0/s1. The van der Waals surface area contributed by atoms with Gasteiger partial charge in [0.2, 0.25) is 17.7 Å². The van der Waals surface area contributed by atoms with E-state index in [4.69, 9.17) is 4.74 Å². The number of nitrogens with zero attached hydrogens (tertiary/aromatic N) is 2. The second kappa shape index (κ2) is 14.5. The van der Waals surface area contributed by atoms with E-state index >= 15 is 0 Å². The van der Waals surface area contributed by atoms with Crippen LogP contribution in [-0.4, -0.2) is 71.2 Å². The number of carbonyl (C=O) groups is 5. The van der Waals surface area contributed by atoms with Crippen LogP contribution < -0.4 is 16.1 Å². The molecule has 0 aliphatic carbocycles. The molecular weight excluding hydrogens is 514 g/mol. The topological polar surface area (TPSA) is 147 Å². The van der Waals surface area contributed by atoms with Crippen LogP contribution >= 0.6 is 0 Å². The third kappa shape index (κ3) is 8.32. The summed E-state index contributed by atoms with van der Waals surface area (Å²) in [5, 5.41) is 8.22. The number of benzene rings is 1. The summed E-state index contributed by atoms with van der Waals surface area (Å²) < 4.78 is 5.29. The third-order valence-electron chi connectivity index (χ3n) is 6.60. The smallest absolute Gasteiger partial charge is 0.358 e. The van der Waals surface area contributed by atoms with Crippen molar-refractivity contribution in [1.29, 1.82) is 0 Å². The van der Waals surface area contributed by atoms with E-state index in [0.717, 1.165) is 5.39 Å². The lowest BCUT2D eigenvalue weighted by molar-refractivity contribution is -0.147. The molecule has 0 saturated carbocycles. The summed E-state index contributed by atoms with van der Waals surface area (Å²) in [7, 11) is 0. The van der Waals surface area contributed by atoms with E-state index < -0.39 is 36.4 Å². The van der Waals surface area contributed by atoms with Gasteiger partial charge in [-0.25, -0.2) is 15.2 Å². The fourth-order valence-corrected chi connectivity index (χ4v) is 4.56. The molecule has 1 aliphatic rings. The molecule has 216 valence electrons. The first-order chi connectivity index (χ1) is 19.1. The predicted octanol–water partition coefficient (Wildman–Crippen LogP) is 2.15. The molecule has 3 amide bonds. The number of Topliss-reactive ketones (excluding diaryl/α,β-unsaturated/α-hetero) is 1. The molecule has 1 saturated heterocycles. The average Bonchev–Trinajstić information content (AvgIpc) is 2.93. The Balaban J connectivity index is 1.58. The number of ether oxygens (including phenoxy) is 1. The Labute approximate surface area is 234 Å².